The van der Waals surface area contributed by atoms with Gasteiger partial charge in [0.15, 0.2) is 0 Å². The minimum Gasteiger partial charge on any atom is -0.378 e. The van der Waals surface area contributed by atoms with Crippen molar-refractivity contribution in [3.8, 4) is 5.92 Å². The van der Waals surface area contributed by atoms with Crippen LogP contribution in [0.4, 0.5) is 5.69 Å². The van der Waals surface area contributed by atoms with E-state index >= 15 is 0 Å². The Morgan fingerprint density at radius 3 is 2.00 bits per heavy atom. The second kappa shape index (κ2) is 4.94. The van der Waals surface area contributed by atoms with Crippen LogP contribution in [0, 0.1) is 12.3 Å². The molecule has 0 amide bonds. The number of anilines is 1. The molecule has 1 nitrogen and oxygen atoms in total. The zero-order valence-corrected chi connectivity index (χ0v) is 7.76. The van der Waals surface area contributed by atoms with E-state index in [0.717, 1.165) is 11.3 Å². The summed E-state index contributed by atoms with van der Waals surface area (Å²) in [5.74, 6) is 2.32. The van der Waals surface area contributed by atoms with E-state index in [1.165, 1.54) is 0 Å². The average molecular weight is 151 g/mol. The van der Waals surface area contributed by atoms with Gasteiger partial charge in [0.25, 0.3) is 0 Å². The number of nitrogens with zero attached hydrogens (tertiary/aromatic N) is 1. The van der Waals surface area contributed by atoms with Gasteiger partial charge >= 0.3 is 18.9 Å². The molecular formula is C10H10LiN. The van der Waals surface area contributed by atoms with Gasteiger partial charge in [0.05, 0.1) is 0 Å². The molecule has 0 aliphatic carbocycles. The molecule has 1 rings (SSSR count). The SMILES string of the molecule is [C-]#Cc1ccc(N(C)C)cc1.[Li+]. The van der Waals surface area contributed by atoms with Gasteiger partial charge < -0.3 is 11.3 Å². The maximum Gasteiger partial charge on any atom is 1.00 e. The van der Waals surface area contributed by atoms with E-state index in [2.05, 4.69) is 5.92 Å². The smallest absolute Gasteiger partial charge is 0.378 e. The third-order valence-corrected chi connectivity index (χ3v) is 1.53. The van der Waals surface area contributed by atoms with Crippen LogP contribution >= 0.6 is 0 Å². The molecule has 0 aromatic heterocycles. The number of hydrogen-bond donors (Lipinski definition) is 0. The first-order valence-electron chi connectivity index (χ1n) is 3.44. The van der Waals surface area contributed by atoms with Crippen LogP contribution in [0.15, 0.2) is 24.3 Å². The van der Waals surface area contributed by atoms with Crippen LogP contribution in [0.3, 0.4) is 0 Å². The van der Waals surface area contributed by atoms with Gasteiger partial charge in [-0.1, -0.05) is 12.1 Å². The van der Waals surface area contributed by atoms with E-state index in [0.29, 0.717) is 0 Å². The largest absolute Gasteiger partial charge is 1.00 e. The van der Waals surface area contributed by atoms with Gasteiger partial charge in [-0.3, -0.25) is 5.92 Å². The Kier molecular flexibility index (Phi) is 4.60. The average Bonchev–Trinajstić information content (AvgIpc) is 2.05. The van der Waals surface area contributed by atoms with Crippen LogP contribution in [-0.2, 0) is 0 Å². The minimum absolute atomic E-state index is 0. The topological polar surface area (TPSA) is 3.24 Å². The van der Waals surface area contributed by atoms with Crippen LogP contribution in [0.1, 0.15) is 5.56 Å². The normalized spacial score (nSPS) is 8.08. The molecule has 12 heavy (non-hydrogen) atoms. The van der Waals surface area contributed by atoms with Gasteiger partial charge in [0.2, 0.25) is 0 Å². The molecule has 1 aromatic carbocycles. The van der Waals surface area contributed by atoms with Crippen molar-refractivity contribution in [1.29, 1.82) is 0 Å². The van der Waals surface area contributed by atoms with E-state index < -0.39 is 0 Å². The van der Waals surface area contributed by atoms with Crippen molar-refractivity contribution < 1.29 is 18.9 Å². The molecule has 0 saturated heterocycles. The predicted molar refractivity (Wildman–Crippen MR) is 47.0 cm³/mol. The molecule has 0 spiro atoms. The molecule has 0 unspecified atom stereocenters. The summed E-state index contributed by atoms with van der Waals surface area (Å²) in [5, 5.41) is 0. The van der Waals surface area contributed by atoms with E-state index in [-0.39, 0.29) is 18.9 Å². The van der Waals surface area contributed by atoms with E-state index in [9.17, 15) is 0 Å². The summed E-state index contributed by atoms with van der Waals surface area (Å²) >= 11 is 0. The van der Waals surface area contributed by atoms with Crippen molar-refractivity contribution in [3.63, 3.8) is 0 Å². The Labute approximate surface area is 85.9 Å². The van der Waals surface area contributed by atoms with Gasteiger partial charge in [-0.15, -0.1) is 17.7 Å². The molecule has 0 aliphatic heterocycles. The van der Waals surface area contributed by atoms with E-state index in [1.54, 1.807) is 0 Å². The van der Waals surface area contributed by atoms with Crippen molar-refractivity contribution in [3.05, 3.63) is 36.3 Å². The molecule has 56 valence electrons. The van der Waals surface area contributed by atoms with Crippen LogP contribution in [0.2, 0.25) is 0 Å². The summed E-state index contributed by atoms with van der Waals surface area (Å²) in [6, 6.07) is 7.69. The fourth-order valence-corrected chi connectivity index (χ4v) is 0.843. The van der Waals surface area contributed by atoms with Crippen molar-refractivity contribution in [1.82, 2.24) is 0 Å². The van der Waals surface area contributed by atoms with Crippen LogP contribution < -0.4 is 23.8 Å². The Morgan fingerprint density at radius 2 is 1.67 bits per heavy atom. The number of hydrogen-bond acceptors (Lipinski definition) is 1. The van der Waals surface area contributed by atoms with Crippen LogP contribution in [0.25, 0.3) is 0 Å². The molecular weight excluding hydrogens is 141 g/mol. The van der Waals surface area contributed by atoms with E-state index in [4.69, 9.17) is 6.42 Å². The first-order chi connectivity index (χ1) is 5.24. The summed E-state index contributed by atoms with van der Waals surface area (Å²) in [7, 11) is 3.98. The first-order valence-corrected chi connectivity index (χ1v) is 3.44. The van der Waals surface area contributed by atoms with E-state index in [1.807, 2.05) is 43.3 Å². The Balaban J connectivity index is 0.00000121. The third-order valence-electron chi connectivity index (χ3n) is 1.53. The fraction of sp³-hybridized carbons (Fsp3) is 0.200. The second-order valence-electron chi connectivity index (χ2n) is 2.57. The van der Waals surface area contributed by atoms with Crippen molar-refractivity contribution in [2.45, 2.75) is 0 Å². The molecule has 0 N–H and O–H groups in total. The molecule has 0 heterocycles. The third kappa shape index (κ3) is 2.66. The maximum atomic E-state index is 6.86. The number of rotatable bonds is 1. The predicted octanol–water partition coefficient (Wildman–Crippen LogP) is -1.31. The Bertz CT molecular complexity index is 269. The Hall–Kier alpha value is -0.823. The van der Waals surface area contributed by atoms with Crippen LogP contribution in [-0.4, -0.2) is 14.1 Å². The first kappa shape index (κ1) is 11.2. The van der Waals surface area contributed by atoms with Crippen molar-refractivity contribution in [2.24, 2.45) is 0 Å². The number of benzene rings is 1. The quantitative estimate of drug-likeness (QED) is 0.274. The summed E-state index contributed by atoms with van der Waals surface area (Å²) < 4.78 is 0. The molecule has 2 heteroatoms. The molecule has 0 atom stereocenters. The molecule has 0 fully saturated rings. The summed E-state index contributed by atoms with van der Waals surface area (Å²) in [5.41, 5.74) is 1.96. The maximum absolute atomic E-state index is 6.86. The van der Waals surface area contributed by atoms with Crippen molar-refractivity contribution >= 4 is 5.69 Å². The monoisotopic (exact) mass is 151 g/mol. The molecule has 0 saturated carbocycles. The minimum atomic E-state index is 0. The standard InChI is InChI=1S/C10H10N.Li/c1-4-9-5-7-10(8-6-9)11(2)3;/h5-8H,2-3H3;/q-1;+1. The zero-order valence-electron chi connectivity index (χ0n) is 7.76. The summed E-state index contributed by atoms with van der Waals surface area (Å²) in [4.78, 5) is 2.02. The molecule has 0 aliphatic rings. The zero-order chi connectivity index (χ0) is 8.27. The summed E-state index contributed by atoms with van der Waals surface area (Å²) in [6.07, 6.45) is 6.86. The molecule has 1 aromatic rings. The van der Waals surface area contributed by atoms with Crippen LogP contribution in [0.5, 0.6) is 0 Å². The molecule has 0 radical (unpaired) electrons. The molecule has 0 bridgehead atoms. The summed E-state index contributed by atoms with van der Waals surface area (Å²) in [6.45, 7) is 0. The van der Waals surface area contributed by atoms with Gasteiger partial charge in [0, 0.05) is 19.8 Å². The fourth-order valence-electron chi connectivity index (χ4n) is 0.843. The van der Waals surface area contributed by atoms with Gasteiger partial charge in [-0.05, 0) is 0 Å². The Morgan fingerprint density at radius 1 is 1.17 bits per heavy atom. The second-order valence-corrected chi connectivity index (χ2v) is 2.57. The van der Waals surface area contributed by atoms with Crippen molar-refractivity contribution in [2.75, 3.05) is 19.0 Å². The van der Waals surface area contributed by atoms with Gasteiger partial charge in [-0.2, -0.15) is 0 Å². The van der Waals surface area contributed by atoms with Gasteiger partial charge in [0.1, 0.15) is 0 Å². The van der Waals surface area contributed by atoms with Gasteiger partial charge in [-0.25, -0.2) is 0 Å².